The average Bonchev–Trinajstić information content (AvgIpc) is 3.20. The van der Waals surface area contributed by atoms with Crippen LogP contribution in [0.2, 0.25) is 0 Å². The van der Waals surface area contributed by atoms with Crippen LogP contribution in [0.4, 0.5) is 0 Å². The van der Waals surface area contributed by atoms with Crippen molar-refractivity contribution in [1.29, 1.82) is 0 Å². The molecule has 0 aromatic rings. The van der Waals surface area contributed by atoms with Gasteiger partial charge in [-0.15, -0.1) is 0 Å². The fourth-order valence-electron chi connectivity index (χ4n) is 2.50. The maximum atomic E-state index is 11.4. The van der Waals surface area contributed by atoms with Crippen LogP contribution in [0.25, 0.3) is 0 Å². The Balaban J connectivity index is 2.25. The van der Waals surface area contributed by atoms with Gasteiger partial charge < -0.3 is 15.3 Å². The highest BCUT2D eigenvalue weighted by molar-refractivity contribution is 5.78. The van der Waals surface area contributed by atoms with Gasteiger partial charge in [0.05, 0.1) is 0 Å². The first kappa shape index (κ1) is 16.4. The summed E-state index contributed by atoms with van der Waals surface area (Å²) < 4.78 is 0. The number of carboxylic acids is 1. The lowest BCUT2D eigenvalue weighted by molar-refractivity contribution is -0.144. The fraction of sp³-hybridized carbons (Fsp3) is 0.933. The molecule has 0 aromatic carbocycles. The molecule has 0 bridgehead atoms. The number of hydrogen-bond donors (Lipinski definition) is 2. The van der Waals surface area contributed by atoms with Crippen LogP contribution < -0.4 is 5.32 Å². The molecule has 1 fully saturated rings. The molecule has 1 saturated carbocycles. The Bertz CT molecular complexity index is 279. The quantitative estimate of drug-likeness (QED) is 0.566. The average molecular weight is 270 g/mol. The lowest BCUT2D eigenvalue weighted by Gasteiger charge is -2.27. The van der Waals surface area contributed by atoms with E-state index in [-0.39, 0.29) is 0 Å². The molecule has 0 radical (unpaired) electrons. The van der Waals surface area contributed by atoms with Crippen LogP contribution >= 0.6 is 0 Å². The van der Waals surface area contributed by atoms with Gasteiger partial charge in [0.1, 0.15) is 5.54 Å². The fourth-order valence-corrected chi connectivity index (χ4v) is 2.50. The number of rotatable bonds is 11. The summed E-state index contributed by atoms with van der Waals surface area (Å²) in [5, 5.41) is 12.5. The van der Waals surface area contributed by atoms with Gasteiger partial charge in [-0.05, 0) is 65.1 Å². The Hall–Kier alpha value is -0.610. The van der Waals surface area contributed by atoms with E-state index in [1.54, 1.807) is 0 Å². The van der Waals surface area contributed by atoms with Crippen molar-refractivity contribution in [3.8, 4) is 0 Å². The summed E-state index contributed by atoms with van der Waals surface area (Å²) in [6.45, 7) is 9.08. The molecule has 19 heavy (non-hydrogen) atoms. The summed E-state index contributed by atoms with van der Waals surface area (Å²) in [5.74, 6) is -0.726. The number of carboxylic acid groups (broad SMARTS) is 1. The first-order valence-corrected chi connectivity index (χ1v) is 7.76. The number of hydrogen-bond acceptors (Lipinski definition) is 3. The topological polar surface area (TPSA) is 52.6 Å². The van der Waals surface area contributed by atoms with Crippen LogP contribution in [0.3, 0.4) is 0 Å². The van der Waals surface area contributed by atoms with E-state index in [2.05, 4.69) is 24.1 Å². The molecule has 2 N–H and O–H groups in total. The maximum absolute atomic E-state index is 11.4. The van der Waals surface area contributed by atoms with Crippen molar-refractivity contribution >= 4 is 5.97 Å². The van der Waals surface area contributed by atoms with Gasteiger partial charge in [0, 0.05) is 6.04 Å². The maximum Gasteiger partial charge on any atom is 0.323 e. The van der Waals surface area contributed by atoms with Crippen molar-refractivity contribution in [2.75, 3.05) is 19.6 Å². The van der Waals surface area contributed by atoms with Crippen LogP contribution in [-0.4, -0.2) is 47.2 Å². The Kier molecular flexibility index (Phi) is 6.80. The van der Waals surface area contributed by atoms with Crippen molar-refractivity contribution in [3.05, 3.63) is 0 Å². The van der Waals surface area contributed by atoms with E-state index in [9.17, 15) is 9.90 Å². The predicted molar refractivity (Wildman–Crippen MR) is 78.5 cm³/mol. The van der Waals surface area contributed by atoms with Gasteiger partial charge in [-0.3, -0.25) is 4.79 Å². The minimum Gasteiger partial charge on any atom is -0.480 e. The molecule has 4 heteroatoms. The van der Waals surface area contributed by atoms with E-state index < -0.39 is 11.5 Å². The molecule has 0 heterocycles. The zero-order chi connectivity index (χ0) is 14.3. The molecule has 1 unspecified atom stereocenters. The molecule has 0 spiro atoms. The first-order chi connectivity index (χ1) is 9.03. The number of aliphatic carboxylic acids is 1. The van der Waals surface area contributed by atoms with Gasteiger partial charge in [0.25, 0.3) is 0 Å². The Morgan fingerprint density at radius 1 is 1.37 bits per heavy atom. The van der Waals surface area contributed by atoms with E-state index in [1.807, 2.05) is 6.92 Å². The van der Waals surface area contributed by atoms with Crippen LogP contribution in [-0.2, 0) is 4.79 Å². The van der Waals surface area contributed by atoms with E-state index in [1.165, 1.54) is 12.8 Å². The zero-order valence-electron chi connectivity index (χ0n) is 12.7. The van der Waals surface area contributed by atoms with Crippen LogP contribution in [0.5, 0.6) is 0 Å². The van der Waals surface area contributed by atoms with Gasteiger partial charge in [0.2, 0.25) is 0 Å². The number of nitrogens with zero attached hydrogens (tertiary/aromatic N) is 1. The monoisotopic (exact) mass is 270 g/mol. The van der Waals surface area contributed by atoms with Crippen molar-refractivity contribution in [3.63, 3.8) is 0 Å². The van der Waals surface area contributed by atoms with E-state index in [4.69, 9.17) is 0 Å². The molecule has 1 aliphatic rings. The zero-order valence-corrected chi connectivity index (χ0v) is 12.7. The van der Waals surface area contributed by atoms with Gasteiger partial charge in [-0.1, -0.05) is 13.8 Å². The molecular weight excluding hydrogens is 240 g/mol. The van der Waals surface area contributed by atoms with Gasteiger partial charge in [-0.2, -0.15) is 0 Å². The molecule has 1 aliphatic carbocycles. The van der Waals surface area contributed by atoms with Crippen LogP contribution in [0, 0.1) is 0 Å². The Morgan fingerprint density at radius 2 is 2.05 bits per heavy atom. The molecule has 0 aliphatic heterocycles. The molecule has 0 aromatic heterocycles. The lowest BCUT2D eigenvalue weighted by atomic mass is 9.94. The Labute approximate surface area is 117 Å². The summed E-state index contributed by atoms with van der Waals surface area (Å²) in [6, 6.07) is 0.814. The standard InChI is InChI=1S/C15H30N2O2/c1-4-11-16-15(3,14(18)19)10-6-7-12-17(5-2)13-8-9-13/h13,16H,4-12H2,1-3H3,(H,18,19). The molecule has 112 valence electrons. The van der Waals surface area contributed by atoms with E-state index >= 15 is 0 Å². The third-order valence-corrected chi connectivity index (χ3v) is 4.08. The summed E-state index contributed by atoms with van der Waals surface area (Å²) >= 11 is 0. The van der Waals surface area contributed by atoms with Crippen LogP contribution in [0.1, 0.15) is 59.3 Å². The van der Waals surface area contributed by atoms with Crippen LogP contribution in [0.15, 0.2) is 0 Å². The molecule has 1 atom stereocenters. The molecule has 0 amide bonds. The molecule has 1 rings (SSSR count). The van der Waals surface area contributed by atoms with Gasteiger partial charge in [-0.25, -0.2) is 0 Å². The highest BCUT2D eigenvalue weighted by atomic mass is 16.4. The SMILES string of the molecule is CCCNC(C)(CCCCN(CC)C1CC1)C(=O)O. The second-order valence-corrected chi connectivity index (χ2v) is 5.88. The Morgan fingerprint density at radius 3 is 2.53 bits per heavy atom. The third kappa shape index (κ3) is 5.49. The van der Waals surface area contributed by atoms with E-state index in [0.717, 1.165) is 44.9 Å². The number of nitrogens with one attached hydrogen (secondary N) is 1. The molecular formula is C15H30N2O2. The van der Waals surface area contributed by atoms with Gasteiger partial charge >= 0.3 is 5.97 Å². The normalized spacial score (nSPS) is 18.5. The summed E-state index contributed by atoms with van der Waals surface area (Å²) in [4.78, 5) is 13.9. The highest BCUT2D eigenvalue weighted by Crippen LogP contribution is 2.27. The largest absolute Gasteiger partial charge is 0.480 e. The second kappa shape index (κ2) is 7.85. The minimum absolute atomic E-state index is 0.713. The second-order valence-electron chi connectivity index (χ2n) is 5.88. The third-order valence-electron chi connectivity index (χ3n) is 4.08. The van der Waals surface area contributed by atoms with Crippen molar-refractivity contribution in [1.82, 2.24) is 10.2 Å². The smallest absolute Gasteiger partial charge is 0.323 e. The highest BCUT2D eigenvalue weighted by Gasteiger charge is 2.32. The van der Waals surface area contributed by atoms with Crippen molar-refractivity contribution in [2.45, 2.75) is 70.9 Å². The lowest BCUT2D eigenvalue weighted by Crippen LogP contribution is -2.49. The van der Waals surface area contributed by atoms with Gasteiger partial charge in [0.15, 0.2) is 0 Å². The summed E-state index contributed by atoms with van der Waals surface area (Å²) in [7, 11) is 0. The predicted octanol–water partition coefficient (Wildman–Crippen LogP) is 2.48. The summed E-state index contributed by atoms with van der Waals surface area (Å²) in [6.07, 6.45) is 6.44. The first-order valence-electron chi connectivity index (χ1n) is 7.76. The van der Waals surface area contributed by atoms with Crippen molar-refractivity contribution in [2.24, 2.45) is 0 Å². The molecule has 0 saturated heterocycles. The minimum atomic E-state index is -0.757. The van der Waals surface area contributed by atoms with Crippen molar-refractivity contribution < 1.29 is 9.90 Å². The summed E-state index contributed by atoms with van der Waals surface area (Å²) in [5.41, 5.74) is -0.757. The van der Waals surface area contributed by atoms with E-state index in [0.29, 0.717) is 6.42 Å². The molecule has 4 nitrogen and oxygen atoms in total. The number of unbranched alkanes of at least 4 members (excludes halogenated alkanes) is 1. The number of carbonyl (C=O) groups is 1.